The molecule has 0 radical (unpaired) electrons. The van der Waals surface area contributed by atoms with Gasteiger partial charge in [-0.3, -0.25) is 4.79 Å². The second-order valence-corrected chi connectivity index (χ2v) is 12.7. The Balaban J connectivity index is 1.47. The van der Waals surface area contributed by atoms with Crippen LogP contribution in [0.3, 0.4) is 0 Å². The molecule has 0 bridgehead atoms. The van der Waals surface area contributed by atoms with Gasteiger partial charge in [-0.2, -0.15) is 0 Å². The number of ether oxygens (including phenoxy) is 2. The summed E-state index contributed by atoms with van der Waals surface area (Å²) in [5.74, 6) is 0.705. The van der Waals surface area contributed by atoms with Crippen molar-refractivity contribution in [3.8, 4) is 33.9 Å². The molecule has 2 heterocycles. The van der Waals surface area contributed by atoms with E-state index in [0.717, 1.165) is 4.31 Å². The van der Waals surface area contributed by atoms with Gasteiger partial charge in [0.1, 0.15) is 23.6 Å². The van der Waals surface area contributed by atoms with E-state index in [1.807, 2.05) is 0 Å². The third-order valence-corrected chi connectivity index (χ3v) is 9.71. The minimum atomic E-state index is -4.19. The molecule has 0 amide bonds. The summed E-state index contributed by atoms with van der Waals surface area (Å²) in [5, 5.41) is 5.17. The van der Waals surface area contributed by atoms with E-state index in [1.165, 1.54) is 54.3 Å². The lowest BCUT2D eigenvalue weighted by molar-refractivity contribution is 0.414. The van der Waals surface area contributed by atoms with Gasteiger partial charge in [-0.15, -0.1) is 0 Å². The lowest BCUT2D eigenvalue weighted by Crippen LogP contribution is -2.31. The molecule has 0 saturated carbocycles. The second-order valence-electron chi connectivity index (χ2n) is 10.4. The van der Waals surface area contributed by atoms with E-state index in [4.69, 9.17) is 25.6 Å². The maximum Gasteiger partial charge on any atom is 0.265 e. The van der Waals surface area contributed by atoms with Gasteiger partial charge in [0.25, 0.3) is 15.6 Å². The van der Waals surface area contributed by atoms with Gasteiger partial charge < -0.3 is 18.6 Å². The summed E-state index contributed by atoms with van der Waals surface area (Å²) in [6.07, 6.45) is 1.29. The quantitative estimate of drug-likeness (QED) is 0.164. The Labute approximate surface area is 269 Å². The minimum Gasteiger partial charge on any atom is -0.497 e. The SMILES string of the molecule is COc1ccc(CN(c2ccon2)S(=O)(=O)c2ccc3c(-c4cc(Cl)c(-c5cccc(F)c5)cc4OC)n(C)c(=O)cc3c2)cc1. The number of benzene rings is 4. The third kappa shape index (κ3) is 5.70. The normalized spacial score (nSPS) is 11.5. The van der Waals surface area contributed by atoms with E-state index < -0.39 is 15.8 Å². The zero-order valence-corrected chi connectivity index (χ0v) is 26.5. The maximum absolute atomic E-state index is 14.1. The van der Waals surface area contributed by atoms with Crippen LogP contribution in [-0.2, 0) is 23.6 Å². The summed E-state index contributed by atoms with van der Waals surface area (Å²) < 4.78 is 60.7. The molecule has 0 spiro atoms. The van der Waals surface area contributed by atoms with E-state index in [-0.39, 0.29) is 22.8 Å². The lowest BCUT2D eigenvalue weighted by Gasteiger charge is -2.22. The van der Waals surface area contributed by atoms with E-state index >= 15 is 0 Å². The number of hydrogen-bond acceptors (Lipinski definition) is 7. The van der Waals surface area contributed by atoms with Gasteiger partial charge in [0.2, 0.25) is 0 Å². The molecular weight excluding hydrogens is 633 g/mol. The Bertz CT molecular complexity index is 2240. The summed E-state index contributed by atoms with van der Waals surface area (Å²) >= 11 is 6.72. The topological polar surface area (TPSA) is 104 Å². The molecule has 12 heteroatoms. The van der Waals surface area contributed by atoms with Gasteiger partial charge in [-0.25, -0.2) is 17.1 Å². The zero-order chi connectivity index (χ0) is 32.6. The van der Waals surface area contributed by atoms with Crippen LogP contribution in [0.25, 0.3) is 33.2 Å². The molecule has 6 aromatic rings. The molecule has 234 valence electrons. The largest absolute Gasteiger partial charge is 0.497 e. The van der Waals surface area contributed by atoms with Crippen LogP contribution in [0.5, 0.6) is 11.5 Å². The molecule has 0 saturated heterocycles. The highest BCUT2D eigenvalue weighted by molar-refractivity contribution is 7.92. The first-order chi connectivity index (χ1) is 22.1. The van der Waals surface area contributed by atoms with Crippen LogP contribution in [-0.4, -0.2) is 32.4 Å². The average molecular weight is 660 g/mol. The molecule has 0 N–H and O–H groups in total. The Hall–Kier alpha value is -5.13. The molecule has 0 aliphatic heterocycles. The van der Waals surface area contributed by atoms with Crippen molar-refractivity contribution < 1.29 is 26.8 Å². The van der Waals surface area contributed by atoms with E-state index in [1.54, 1.807) is 68.8 Å². The van der Waals surface area contributed by atoms with Crippen molar-refractivity contribution in [3.05, 3.63) is 124 Å². The first-order valence-electron chi connectivity index (χ1n) is 13.9. The van der Waals surface area contributed by atoms with Crippen LogP contribution < -0.4 is 19.3 Å². The number of nitrogens with zero attached hydrogens (tertiary/aromatic N) is 3. The van der Waals surface area contributed by atoms with Crippen LogP contribution in [0.4, 0.5) is 10.2 Å². The number of fused-ring (bicyclic) bond motifs is 1. The minimum absolute atomic E-state index is 0.0357. The molecule has 0 atom stereocenters. The van der Waals surface area contributed by atoms with Crippen molar-refractivity contribution >= 4 is 38.2 Å². The molecule has 4 aromatic carbocycles. The summed E-state index contributed by atoms with van der Waals surface area (Å²) in [6.45, 7) is -0.0357. The van der Waals surface area contributed by atoms with Gasteiger partial charge in [0.05, 0.1) is 31.4 Å². The van der Waals surface area contributed by atoms with Crippen molar-refractivity contribution in [1.29, 1.82) is 0 Å². The van der Waals surface area contributed by atoms with Crippen LogP contribution in [0.15, 0.2) is 111 Å². The van der Waals surface area contributed by atoms with Gasteiger partial charge in [0, 0.05) is 40.7 Å². The number of pyridine rings is 1. The van der Waals surface area contributed by atoms with Gasteiger partial charge >= 0.3 is 0 Å². The number of sulfonamides is 1. The monoisotopic (exact) mass is 659 g/mol. The van der Waals surface area contributed by atoms with Gasteiger partial charge in [-0.05, 0) is 65.0 Å². The Morgan fingerprint density at radius 1 is 0.935 bits per heavy atom. The summed E-state index contributed by atoms with van der Waals surface area (Å²) in [7, 11) is 0.444. The summed E-state index contributed by atoms with van der Waals surface area (Å²) in [6, 6.07) is 23.8. The molecule has 0 aliphatic carbocycles. The van der Waals surface area contributed by atoms with Crippen molar-refractivity contribution in [1.82, 2.24) is 9.72 Å². The Kier molecular flexibility index (Phi) is 8.28. The van der Waals surface area contributed by atoms with Crippen LogP contribution in [0.1, 0.15) is 5.56 Å². The summed E-state index contributed by atoms with van der Waals surface area (Å²) in [4.78, 5) is 13.2. The highest BCUT2D eigenvalue weighted by atomic mass is 35.5. The number of methoxy groups -OCH3 is 2. The molecule has 0 unspecified atom stereocenters. The molecule has 9 nitrogen and oxygen atoms in total. The van der Waals surface area contributed by atoms with Crippen molar-refractivity contribution in [2.24, 2.45) is 7.05 Å². The van der Waals surface area contributed by atoms with Crippen LogP contribution >= 0.6 is 11.6 Å². The van der Waals surface area contributed by atoms with Crippen molar-refractivity contribution in [2.45, 2.75) is 11.4 Å². The van der Waals surface area contributed by atoms with E-state index in [2.05, 4.69) is 5.16 Å². The fourth-order valence-electron chi connectivity index (χ4n) is 5.32. The number of halogens is 2. The smallest absolute Gasteiger partial charge is 0.265 e. The van der Waals surface area contributed by atoms with Crippen LogP contribution in [0, 0.1) is 5.82 Å². The predicted molar refractivity (Wildman–Crippen MR) is 174 cm³/mol. The van der Waals surface area contributed by atoms with Crippen LogP contribution in [0.2, 0.25) is 5.02 Å². The molecule has 0 fully saturated rings. The van der Waals surface area contributed by atoms with Gasteiger partial charge in [-0.1, -0.05) is 47.1 Å². The fraction of sp³-hybridized carbons (Fsp3) is 0.118. The Morgan fingerprint density at radius 3 is 2.39 bits per heavy atom. The standard InChI is InChI=1S/C34H27ClFN3O6S/c1-38-33(40)17-23-16-26(46(41,42)39(32-13-14-45-37-32)20-21-7-9-25(43-2)10-8-21)11-12-27(23)34(38)29-18-30(35)28(19-31(29)44-3)22-5-4-6-24(36)15-22/h4-19H,20H2,1-3H3. The Morgan fingerprint density at radius 2 is 1.72 bits per heavy atom. The predicted octanol–water partition coefficient (Wildman–Crippen LogP) is 7.07. The molecule has 2 aromatic heterocycles. The van der Waals surface area contributed by atoms with Crippen molar-refractivity contribution in [2.75, 3.05) is 18.5 Å². The second kappa shape index (κ2) is 12.3. The third-order valence-electron chi connectivity index (χ3n) is 7.66. The number of hydrogen-bond donors (Lipinski definition) is 0. The fourth-order valence-corrected chi connectivity index (χ4v) is 7.02. The lowest BCUT2D eigenvalue weighted by atomic mass is 9.98. The molecule has 0 aliphatic rings. The van der Waals surface area contributed by atoms with Crippen molar-refractivity contribution in [3.63, 3.8) is 0 Å². The maximum atomic E-state index is 14.1. The number of anilines is 1. The zero-order valence-electron chi connectivity index (χ0n) is 24.9. The first-order valence-corrected chi connectivity index (χ1v) is 15.8. The van der Waals surface area contributed by atoms with E-state index in [0.29, 0.717) is 55.2 Å². The molecule has 6 rings (SSSR count). The molecule has 46 heavy (non-hydrogen) atoms. The highest BCUT2D eigenvalue weighted by Gasteiger charge is 2.28. The number of aromatic nitrogens is 2. The average Bonchev–Trinajstić information content (AvgIpc) is 3.59. The van der Waals surface area contributed by atoms with Gasteiger partial charge in [0.15, 0.2) is 5.82 Å². The summed E-state index contributed by atoms with van der Waals surface area (Å²) in [5.41, 5.74) is 2.37. The highest BCUT2D eigenvalue weighted by Crippen LogP contribution is 2.41. The first kappa shape index (κ1) is 30.9. The van der Waals surface area contributed by atoms with E-state index in [9.17, 15) is 17.6 Å². The number of rotatable bonds is 9. The molecular formula is C34H27ClFN3O6S.